The van der Waals surface area contributed by atoms with Gasteiger partial charge in [-0.2, -0.15) is 4.79 Å². The summed E-state index contributed by atoms with van der Waals surface area (Å²) in [5, 5.41) is 0.909. The molecule has 0 radical (unpaired) electrons. The monoisotopic (exact) mass is 281 g/mol. The van der Waals surface area contributed by atoms with Gasteiger partial charge in [0.05, 0.1) is 5.39 Å². The van der Waals surface area contributed by atoms with E-state index in [4.69, 9.17) is 4.42 Å². The minimum absolute atomic E-state index is 0.380. The Morgan fingerprint density at radius 1 is 1.05 bits per heavy atom. The molecule has 3 rings (SSSR count). The topological polar surface area (TPSA) is 37.3 Å². The van der Waals surface area contributed by atoms with Crippen LogP contribution in [-0.4, -0.2) is 14.1 Å². The van der Waals surface area contributed by atoms with Crippen LogP contribution in [0.2, 0.25) is 0 Å². The SMILES string of the molecule is Cc1cccc2c[n+](-c3ccc(N(C)C)cc3)c(=O)oc12. The molecule has 4 nitrogen and oxygen atoms in total. The summed E-state index contributed by atoms with van der Waals surface area (Å²) in [5.41, 5.74) is 3.47. The van der Waals surface area contributed by atoms with Gasteiger partial charge < -0.3 is 9.32 Å². The molecule has 1 aromatic heterocycles. The number of para-hydroxylation sites is 1. The summed E-state index contributed by atoms with van der Waals surface area (Å²) in [7, 11) is 3.96. The first-order valence-electron chi connectivity index (χ1n) is 6.79. The molecule has 0 saturated carbocycles. The molecule has 0 atom stereocenters. The Balaban J connectivity index is 2.16. The number of hydrogen-bond acceptors (Lipinski definition) is 3. The number of anilines is 1. The first kappa shape index (κ1) is 13.4. The molecule has 0 fully saturated rings. The van der Waals surface area contributed by atoms with Crippen molar-refractivity contribution in [2.24, 2.45) is 0 Å². The van der Waals surface area contributed by atoms with Crippen molar-refractivity contribution in [3.05, 3.63) is 64.8 Å². The van der Waals surface area contributed by atoms with Crippen LogP contribution in [0.5, 0.6) is 0 Å². The lowest BCUT2D eigenvalue weighted by Crippen LogP contribution is -2.46. The van der Waals surface area contributed by atoms with E-state index in [1.807, 2.05) is 74.6 Å². The lowest BCUT2D eigenvalue weighted by atomic mass is 10.2. The molecular formula is C17H17N2O2+. The number of fused-ring (bicyclic) bond motifs is 1. The Hall–Kier alpha value is -2.62. The van der Waals surface area contributed by atoms with Crippen molar-refractivity contribution in [3.63, 3.8) is 0 Å². The summed E-state index contributed by atoms with van der Waals surface area (Å²) < 4.78 is 6.98. The minimum atomic E-state index is -0.380. The summed E-state index contributed by atoms with van der Waals surface area (Å²) in [6, 6.07) is 13.6. The predicted octanol–water partition coefficient (Wildman–Crippen LogP) is 2.44. The van der Waals surface area contributed by atoms with Crippen molar-refractivity contribution < 1.29 is 8.98 Å². The Kier molecular flexibility index (Phi) is 3.22. The minimum Gasteiger partial charge on any atom is -0.378 e. The molecule has 0 aliphatic carbocycles. The van der Waals surface area contributed by atoms with Crippen LogP contribution in [0.25, 0.3) is 16.7 Å². The fraction of sp³-hybridized carbons (Fsp3) is 0.176. The molecule has 0 spiro atoms. The van der Waals surface area contributed by atoms with Gasteiger partial charge in [-0.1, -0.05) is 16.7 Å². The van der Waals surface area contributed by atoms with Crippen molar-refractivity contribution in [2.45, 2.75) is 6.92 Å². The van der Waals surface area contributed by atoms with Crippen LogP contribution in [0.15, 0.2) is 57.9 Å². The normalized spacial score (nSPS) is 10.8. The zero-order valence-electron chi connectivity index (χ0n) is 12.3. The molecular weight excluding hydrogens is 264 g/mol. The first-order valence-corrected chi connectivity index (χ1v) is 6.79. The average molecular weight is 281 g/mol. The standard InChI is InChI=1S/C17H17N2O2/c1-12-5-4-6-13-11-19(17(20)21-16(12)13)15-9-7-14(8-10-15)18(2)3/h4-11H,1-3H3/q+1. The molecule has 2 aromatic carbocycles. The number of aromatic nitrogens is 1. The summed E-state index contributed by atoms with van der Waals surface area (Å²) in [6.45, 7) is 1.93. The van der Waals surface area contributed by atoms with Gasteiger partial charge in [0.25, 0.3) is 0 Å². The first-order chi connectivity index (χ1) is 10.1. The van der Waals surface area contributed by atoms with Crippen molar-refractivity contribution in [3.8, 4) is 5.69 Å². The second-order valence-electron chi connectivity index (χ2n) is 5.27. The molecule has 3 aromatic rings. The zero-order chi connectivity index (χ0) is 15.0. The molecule has 106 valence electrons. The highest BCUT2D eigenvalue weighted by Crippen LogP contribution is 2.16. The summed E-state index contributed by atoms with van der Waals surface area (Å²) in [5.74, 6) is -0.380. The van der Waals surface area contributed by atoms with Crippen LogP contribution >= 0.6 is 0 Å². The highest BCUT2D eigenvalue weighted by molar-refractivity contribution is 5.77. The lowest BCUT2D eigenvalue weighted by molar-refractivity contribution is -0.623. The largest absolute Gasteiger partial charge is 0.608 e. The number of nitrogens with zero attached hydrogens (tertiary/aromatic N) is 2. The Morgan fingerprint density at radius 2 is 1.76 bits per heavy atom. The Labute approximate surface area is 122 Å². The van der Waals surface area contributed by atoms with E-state index >= 15 is 0 Å². The van der Waals surface area contributed by atoms with Gasteiger partial charge in [-0.15, -0.1) is 0 Å². The van der Waals surface area contributed by atoms with Gasteiger partial charge in [-0.3, -0.25) is 0 Å². The molecule has 0 saturated heterocycles. The van der Waals surface area contributed by atoms with Gasteiger partial charge >= 0.3 is 5.76 Å². The van der Waals surface area contributed by atoms with Gasteiger partial charge in [0.2, 0.25) is 5.69 Å². The average Bonchev–Trinajstić information content (AvgIpc) is 2.48. The van der Waals surface area contributed by atoms with E-state index < -0.39 is 0 Å². The molecule has 0 unspecified atom stereocenters. The maximum Gasteiger partial charge on any atom is 0.608 e. The van der Waals surface area contributed by atoms with Crippen molar-refractivity contribution in [2.75, 3.05) is 19.0 Å². The second kappa shape index (κ2) is 5.05. The highest BCUT2D eigenvalue weighted by atomic mass is 16.4. The number of aryl methyl sites for hydroxylation is 1. The summed E-state index contributed by atoms with van der Waals surface area (Å²) in [4.78, 5) is 14.2. The predicted molar refractivity (Wildman–Crippen MR) is 83.1 cm³/mol. The van der Waals surface area contributed by atoms with Gasteiger partial charge in [0.1, 0.15) is 0 Å². The summed E-state index contributed by atoms with van der Waals surface area (Å²) in [6.07, 6.45) is 1.82. The van der Waals surface area contributed by atoms with Crippen LogP contribution in [-0.2, 0) is 0 Å². The smallest absolute Gasteiger partial charge is 0.378 e. The Bertz CT molecular complexity index is 849. The maximum atomic E-state index is 12.2. The van der Waals surface area contributed by atoms with Crippen LogP contribution in [0.3, 0.4) is 0 Å². The lowest BCUT2D eigenvalue weighted by Gasteiger charge is -2.11. The third-order valence-electron chi connectivity index (χ3n) is 3.54. The van der Waals surface area contributed by atoms with Gasteiger partial charge in [0.15, 0.2) is 11.8 Å². The van der Waals surface area contributed by atoms with Gasteiger partial charge in [-0.05, 0) is 30.7 Å². The van der Waals surface area contributed by atoms with Crippen molar-refractivity contribution in [1.82, 2.24) is 0 Å². The Morgan fingerprint density at radius 3 is 2.43 bits per heavy atom. The fourth-order valence-electron chi connectivity index (χ4n) is 2.34. The van der Waals surface area contributed by atoms with E-state index in [0.29, 0.717) is 5.58 Å². The molecule has 1 heterocycles. The molecule has 21 heavy (non-hydrogen) atoms. The molecule has 0 aliphatic rings. The molecule has 4 heteroatoms. The van der Waals surface area contributed by atoms with E-state index in [-0.39, 0.29) is 5.76 Å². The van der Waals surface area contributed by atoms with E-state index in [1.165, 1.54) is 4.57 Å². The molecule has 0 amide bonds. The van der Waals surface area contributed by atoms with E-state index in [1.54, 1.807) is 0 Å². The van der Waals surface area contributed by atoms with E-state index in [0.717, 1.165) is 22.3 Å². The third kappa shape index (κ3) is 2.40. The highest BCUT2D eigenvalue weighted by Gasteiger charge is 2.16. The van der Waals surface area contributed by atoms with E-state index in [2.05, 4.69) is 0 Å². The number of rotatable bonds is 2. The number of hydrogen-bond donors (Lipinski definition) is 0. The van der Waals surface area contributed by atoms with Gasteiger partial charge in [0, 0.05) is 31.9 Å². The van der Waals surface area contributed by atoms with Crippen LogP contribution < -0.4 is 15.2 Å². The van der Waals surface area contributed by atoms with Gasteiger partial charge in [-0.25, -0.2) is 0 Å². The molecule has 0 N–H and O–H groups in total. The zero-order valence-corrected chi connectivity index (χ0v) is 12.3. The number of benzene rings is 2. The van der Waals surface area contributed by atoms with Crippen LogP contribution in [0.1, 0.15) is 5.56 Å². The summed E-state index contributed by atoms with van der Waals surface area (Å²) >= 11 is 0. The third-order valence-corrected chi connectivity index (χ3v) is 3.54. The maximum absolute atomic E-state index is 12.2. The van der Waals surface area contributed by atoms with E-state index in [9.17, 15) is 4.79 Å². The molecule has 0 bridgehead atoms. The van der Waals surface area contributed by atoms with Crippen LogP contribution in [0, 0.1) is 6.92 Å². The quantitative estimate of drug-likeness (QED) is 0.677. The van der Waals surface area contributed by atoms with Crippen molar-refractivity contribution in [1.29, 1.82) is 0 Å². The molecule has 0 aliphatic heterocycles. The fourth-order valence-corrected chi connectivity index (χ4v) is 2.34. The van der Waals surface area contributed by atoms with Crippen LogP contribution in [0.4, 0.5) is 5.69 Å². The van der Waals surface area contributed by atoms with Crippen molar-refractivity contribution >= 4 is 16.7 Å². The second-order valence-corrected chi connectivity index (χ2v) is 5.27.